The van der Waals surface area contributed by atoms with Gasteiger partial charge in [0.25, 0.3) is 8.32 Å². The fraction of sp³-hybridized carbons (Fsp3) is 0.295. The second-order valence-corrected chi connectivity index (χ2v) is 20.0. The molecule has 0 bridgehead atoms. The maximum absolute atomic E-state index is 14.1. The van der Waals surface area contributed by atoms with Crippen molar-refractivity contribution in [2.24, 2.45) is 11.8 Å². The van der Waals surface area contributed by atoms with Crippen molar-refractivity contribution in [3.05, 3.63) is 144 Å². The lowest BCUT2D eigenvalue weighted by Gasteiger charge is -2.45. The van der Waals surface area contributed by atoms with Crippen LogP contribution in [0.25, 0.3) is 11.3 Å². The molecule has 5 aromatic rings. The molecule has 2 unspecified atom stereocenters. The number of nitrogens with one attached hydrogen (secondary N) is 1. The van der Waals surface area contributed by atoms with Crippen LogP contribution in [0.4, 0.5) is 14.0 Å². The van der Waals surface area contributed by atoms with Gasteiger partial charge in [0.05, 0.1) is 17.8 Å². The first-order valence-corrected chi connectivity index (χ1v) is 20.4. The predicted molar refractivity (Wildman–Crippen MR) is 211 cm³/mol. The van der Waals surface area contributed by atoms with Crippen molar-refractivity contribution in [2.45, 2.75) is 51.0 Å². The van der Waals surface area contributed by atoms with E-state index in [1.165, 1.54) is 17.0 Å². The fourth-order valence-electron chi connectivity index (χ4n) is 7.79. The molecule has 11 heteroatoms. The number of pyridine rings is 1. The minimum absolute atomic E-state index is 0.0509. The number of carbonyl (C=O) groups is 2. The zero-order chi connectivity index (χ0) is 38.8. The Hall–Kier alpha value is -5.52. The van der Waals surface area contributed by atoms with E-state index in [-0.39, 0.29) is 42.0 Å². The summed E-state index contributed by atoms with van der Waals surface area (Å²) in [6.07, 6.45) is -1.78. The predicted octanol–water partition coefficient (Wildman–Crippen LogP) is 7.59. The van der Waals surface area contributed by atoms with Crippen molar-refractivity contribution in [1.29, 1.82) is 0 Å². The van der Waals surface area contributed by atoms with Gasteiger partial charge in [-0.05, 0) is 63.8 Å². The molecule has 2 fully saturated rings. The lowest BCUT2D eigenvalue weighted by atomic mass is 9.92. The van der Waals surface area contributed by atoms with Crippen molar-refractivity contribution < 1.29 is 33.0 Å². The highest BCUT2D eigenvalue weighted by Gasteiger charge is 2.59. The van der Waals surface area contributed by atoms with Crippen molar-refractivity contribution >= 4 is 30.9 Å². The van der Waals surface area contributed by atoms with Crippen molar-refractivity contribution in [3.63, 3.8) is 0 Å². The molecule has 9 nitrogen and oxygen atoms in total. The van der Waals surface area contributed by atoms with Crippen LogP contribution in [0.3, 0.4) is 0 Å². The minimum atomic E-state index is -3.09. The number of piperidine rings is 1. The number of amides is 2. The average Bonchev–Trinajstić information content (AvgIpc) is 3.58. The van der Waals surface area contributed by atoms with Crippen molar-refractivity contribution in [2.75, 3.05) is 19.7 Å². The number of carboxylic acid groups (broad SMARTS) is 1. The van der Waals surface area contributed by atoms with Crippen LogP contribution < -0.4 is 20.4 Å². The molecule has 55 heavy (non-hydrogen) atoms. The summed E-state index contributed by atoms with van der Waals surface area (Å²) in [6, 6.07) is 39.8. The third-order valence-corrected chi connectivity index (χ3v) is 15.8. The molecular weight excluding hydrogens is 714 g/mol. The Balaban J connectivity index is 1.30. The molecule has 0 spiro atoms. The van der Waals surface area contributed by atoms with E-state index in [9.17, 15) is 19.1 Å². The highest BCUT2D eigenvalue weighted by molar-refractivity contribution is 6.99. The summed E-state index contributed by atoms with van der Waals surface area (Å²) in [4.78, 5) is 31.7. The summed E-state index contributed by atoms with van der Waals surface area (Å²) in [6.45, 7) is 9.40. The van der Waals surface area contributed by atoms with Gasteiger partial charge in [-0.2, -0.15) is 0 Å². The number of likely N-dealkylation sites (tertiary alicyclic amines) is 1. The lowest BCUT2D eigenvalue weighted by Crippen LogP contribution is -2.68. The number of fused-ring (bicyclic) bond motifs is 1. The molecule has 0 radical (unpaired) electrons. The number of ether oxygens (including phenoxy) is 2. The molecule has 4 atom stereocenters. The van der Waals surface area contributed by atoms with Gasteiger partial charge in [0.2, 0.25) is 5.88 Å². The van der Waals surface area contributed by atoms with E-state index in [1.54, 1.807) is 12.1 Å². The van der Waals surface area contributed by atoms with Crippen LogP contribution in [0.5, 0.6) is 5.88 Å². The van der Waals surface area contributed by atoms with Crippen LogP contribution in [0.1, 0.15) is 38.8 Å². The van der Waals surface area contributed by atoms with E-state index in [1.807, 2.05) is 85.8 Å². The first-order chi connectivity index (χ1) is 26.4. The van der Waals surface area contributed by atoms with Crippen LogP contribution in [0.15, 0.2) is 127 Å². The number of carbonyl (C=O) groups excluding carboxylic acids is 1. The minimum Gasteiger partial charge on any atom is -0.474 e. The highest BCUT2D eigenvalue weighted by Crippen LogP contribution is 2.48. The summed E-state index contributed by atoms with van der Waals surface area (Å²) in [7, 11) is -3.09. The molecule has 1 aromatic heterocycles. The van der Waals surface area contributed by atoms with Crippen LogP contribution in [-0.2, 0) is 21.3 Å². The van der Waals surface area contributed by atoms with E-state index in [4.69, 9.17) is 18.9 Å². The van der Waals surface area contributed by atoms with Gasteiger partial charge in [-0.1, -0.05) is 112 Å². The van der Waals surface area contributed by atoms with E-state index in [0.717, 1.165) is 15.9 Å². The maximum atomic E-state index is 14.1. The Labute approximate surface area is 322 Å². The molecule has 7 rings (SSSR count). The van der Waals surface area contributed by atoms with Gasteiger partial charge in [-0.15, -0.1) is 0 Å². The quantitative estimate of drug-likeness (QED) is 0.126. The molecule has 1 saturated carbocycles. The summed E-state index contributed by atoms with van der Waals surface area (Å²) in [5.41, 5.74) is 1.46. The van der Waals surface area contributed by atoms with Crippen molar-refractivity contribution in [1.82, 2.24) is 15.2 Å². The Morgan fingerprint density at radius 1 is 0.836 bits per heavy atom. The monoisotopic (exact) mass is 759 g/mol. The largest absolute Gasteiger partial charge is 0.474 e. The standard InChI is InChI=1S/C44H46FN3O6Si/c1-43(2,3)55(34-16-10-6-11-17-34,35-18-12-7-13-19-35)53-29-44(4,47-41(49)52-28-30-14-8-5-9-15-30)32-24-38(31-20-22-33(45)23-21-31)46-39(25-32)54-40-36-26-48(42(50)51)27-37(36)40/h5-25,36-37,40H,26-29H2,1-4H3,(H,47,49)(H,50,51)/t36-,37+,40?,44?. The first kappa shape index (κ1) is 37.8. The van der Waals surface area contributed by atoms with Gasteiger partial charge < -0.3 is 29.2 Å². The maximum Gasteiger partial charge on any atom is 0.408 e. The number of benzene rings is 4. The van der Waals surface area contributed by atoms with Gasteiger partial charge in [0, 0.05) is 36.6 Å². The molecular formula is C44H46FN3O6Si. The Kier molecular flexibility index (Phi) is 10.5. The van der Waals surface area contributed by atoms with Gasteiger partial charge in [-0.25, -0.2) is 19.0 Å². The average molecular weight is 760 g/mol. The van der Waals surface area contributed by atoms with Crippen LogP contribution in [-0.4, -0.2) is 61.3 Å². The van der Waals surface area contributed by atoms with E-state index >= 15 is 0 Å². The van der Waals surface area contributed by atoms with Crippen LogP contribution >= 0.6 is 0 Å². The Morgan fingerprint density at radius 2 is 1.40 bits per heavy atom. The van der Waals surface area contributed by atoms with Gasteiger partial charge >= 0.3 is 12.2 Å². The van der Waals surface area contributed by atoms with E-state index in [2.05, 4.69) is 50.4 Å². The van der Waals surface area contributed by atoms with Crippen molar-refractivity contribution in [3.8, 4) is 17.1 Å². The zero-order valence-electron chi connectivity index (χ0n) is 31.4. The molecule has 2 heterocycles. The highest BCUT2D eigenvalue weighted by atomic mass is 28.4. The number of rotatable bonds is 12. The number of alkyl carbamates (subject to hydrolysis) is 1. The van der Waals surface area contributed by atoms with E-state index < -0.39 is 26.0 Å². The molecule has 284 valence electrons. The van der Waals surface area contributed by atoms with Gasteiger partial charge in [-0.3, -0.25) is 0 Å². The molecule has 2 N–H and O–H groups in total. The van der Waals surface area contributed by atoms with E-state index in [0.29, 0.717) is 35.8 Å². The molecule has 2 amide bonds. The van der Waals surface area contributed by atoms with Crippen LogP contribution in [0.2, 0.25) is 5.04 Å². The first-order valence-electron chi connectivity index (χ1n) is 18.5. The van der Waals surface area contributed by atoms with Gasteiger partial charge in [0.15, 0.2) is 0 Å². The summed E-state index contributed by atoms with van der Waals surface area (Å²) >= 11 is 0. The lowest BCUT2D eigenvalue weighted by molar-refractivity contribution is 0.113. The normalized spacial score (nSPS) is 18.9. The molecule has 2 aliphatic rings. The molecule has 4 aromatic carbocycles. The smallest absolute Gasteiger partial charge is 0.408 e. The molecule has 1 saturated heterocycles. The zero-order valence-corrected chi connectivity index (χ0v) is 32.4. The summed E-state index contributed by atoms with van der Waals surface area (Å²) in [5, 5.41) is 14.5. The summed E-state index contributed by atoms with van der Waals surface area (Å²) < 4.78 is 33.8. The number of hydrogen-bond donors (Lipinski definition) is 2. The Bertz CT molecular complexity index is 2070. The SMILES string of the molecule is CC(CO[Si](c1ccccc1)(c1ccccc1)C(C)(C)C)(NC(=O)OCc1ccccc1)c1cc(OC2[C@H]3CN(C(=O)O)C[C@@H]23)nc(-c2ccc(F)cc2)c1. The second-order valence-electron chi connectivity index (χ2n) is 15.7. The third-order valence-electron chi connectivity index (χ3n) is 10.8. The third kappa shape index (κ3) is 7.99. The fourth-order valence-corrected chi connectivity index (χ4v) is 12.4. The topological polar surface area (TPSA) is 110 Å². The van der Waals surface area contributed by atoms with Gasteiger partial charge in [0.1, 0.15) is 18.5 Å². The summed E-state index contributed by atoms with van der Waals surface area (Å²) in [5.74, 6) is 0.0596. The number of halogens is 1. The number of hydrogen-bond acceptors (Lipinski definition) is 6. The Morgan fingerprint density at radius 3 is 1.95 bits per heavy atom. The molecule has 1 aliphatic carbocycles. The van der Waals surface area contributed by atoms with Crippen LogP contribution in [0, 0.1) is 17.7 Å². The number of aromatic nitrogens is 1. The second kappa shape index (κ2) is 15.3. The number of nitrogens with zero attached hydrogens (tertiary/aromatic N) is 2. The molecule has 1 aliphatic heterocycles.